The second-order valence-corrected chi connectivity index (χ2v) is 8.00. The van der Waals surface area contributed by atoms with E-state index in [1.54, 1.807) is 0 Å². The number of carbonyl (C=O) groups excluding carboxylic acids is 1. The number of piperidine rings is 1. The van der Waals surface area contributed by atoms with Crippen molar-refractivity contribution in [1.29, 1.82) is 0 Å². The van der Waals surface area contributed by atoms with Crippen LogP contribution in [-0.2, 0) is 6.54 Å². The Bertz CT molecular complexity index is 765. The average molecular weight is 386 g/mol. The summed E-state index contributed by atoms with van der Waals surface area (Å²) in [4.78, 5) is 14.6. The third-order valence-electron chi connectivity index (χ3n) is 5.03. The van der Waals surface area contributed by atoms with Gasteiger partial charge in [-0.25, -0.2) is 4.79 Å². The van der Waals surface area contributed by atoms with E-state index in [4.69, 9.17) is 11.6 Å². The molecule has 0 aromatic heterocycles. The summed E-state index contributed by atoms with van der Waals surface area (Å²) in [6.45, 7) is 7.84. The number of halogens is 1. The van der Waals surface area contributed by atoms with E-state index in [0.29, 0.717) is 5.92 Å². The van der Waals surface area contributed by atoms with Crippen LogP contribution in [0.25, 0.3) is 0 Å². The third kappa shape index (κ3) is 6.26. The van der Waals surface area contributed by atoms with Crippen LogP contribution < -0.4 is 10.6 Å². The highest BCUT2D eigenvalue weighted by Gasteiger charge is 2.19. The van der Waals surface area contributed by atoms with Crippen LogP contribution in [0.15, 0.2) is 42.5 Å². The zero-order chi connectivity index (χ0) is 19.2. The normalized spacial score (nSPS) is 15.5. The second kappa shape index (κ2) is 9.25. The van der Waals surface area contributed by atoms with Crippen molar-refractivity contribution in [3.05, 3.63) is 64.2 Å². The molecule has 0 atom stereocenters. The van der Waals surface area contributed by atoms with Gasteiger partial charge in [-0.1, -0.05) is 29.8 Å². The fraction of sp³-hybridized carbons (Fsp3) is 0.409. The Morgan fingerprint density at radius 3 is 2.48 bits per heavy atom. The van der Waals surface area contributed by atoms with Crippen LogP contribution >= 0.6 is 11.6 Å². The molecule has 1 heterocycles. The van der Waals surface area contributed by atoms with Gasteiger partial charge in [0, 0.05) is 23.8 Å². The number of nitrogens with one attached hydrogen (secondary N) is 2. The molecule has 0 unspecified atom stereocenters. The van der Waals surface area contributed by atoms with E-state index in [9.17, 15) is 4.79 Å². The van der Waals surface area contributed by atoms with Crippen LogP contribution in [0.4, 0.5) is 10.5 Å². The molecule has 5 heteroatoms. The van der Waals surface area contributed by atoms with E-state index >= 15 is 0 Å². The molecular weight excluding hydrogens is 358 g/mol. The number of hydrogen-bond acceptors (Lipinski definition) is 2. The largest absolute Gasteiger partial charge is 0.338 e. The number of hydrogen-bond donors (Lipinski definition) is 2. The molecule has 1 aliphatic rings. The molecule has 2 aromatic carbocycles. The molecule has 0 radical (unpaired) electrons. The van der Waals surface area contributed by atoms with E-state index < -0.39 is 0 Å². The topological polar surface area (TPSA) is 44.4 Å². The van der Waals surface area contributed by atoms with E-state index in [2.05, 4.69) is 27.7 Å². The van der Waals surface area contributed by atoms with Gasteiger partial charge in [-0.3, -0.25) is 4.90 Å². The molecule has 3 rings (SSSR count). The molecule has 1 fully saturated rings. The van der Waals surface area contributed by atoms with Gasteiger partial charge in [-0.05, 0) is 86.7 Å². The van der Waals surface area contributed by atoms with Crippen LogP contribution in [0.5, 0.6) is 0 Å². The maximum Gasteiger partial charge on any atom is 0.319 e. The van der Waals surface area contributed by atoms with E-state index in [1.165, 1.54) is 5.56 Å². The molecule has 1 saturated heterocycles. The van der Waals surface area contributed by atoms with Gasteiger partial charge in [-0.15, -0.1) is 0 Å². The molecule has 0 spiro atoms. The number of anilines is 1. The minimum absolute atomic E-state index is 0.124. The van der Waals surface area contributed by atoms with Crippen molar-refractivity contribution in [2.75, 3.05) is 25.0 Å². The highest BCUT2D eigenvalue weighted by molar-refractivity contribution is 6.30. The van der Waals surface area contributed by atoms with Gasteiger partial charge in [-0.2, -0.15) is 0 Å². The predicted molar refractivity (Wildman–Crippen MR) is 112 cm³/mol. The number of benzene rings is 2. The SMILES string of the molecule is Cc1cc(C)cc(NC(=O)NCC2CCN(Cc3cccc(Cl)c3)CC2)c1. The van der Waals surface area contributed by atoms with Crippen LogP contribution in [0.1, 0.15) is 29.5 Å². The van der Waals surface area contributed by atoms with Gasteiger partial charge < -0.3 is 10.6 Å². The minimum Gasteiger partial charge on any atom is -0.338 e. The number of aryl methyl sites for hydroxylation is 2. The number of likely N-dealkylation sites (tertiary alicyclic amines) is 1. The first kappa shape index (κ1) is 19.7. The van der Waals surface area contributed by atoms with Crippen LogP contribution in [-0.4, -0.2) is 30.6 Å². The summed E-state index contributed by atoms with van der Waals surface area (Å²) in [5.41, 5.74) is 4.41. The van der Waals surface area contributed by atoms with E-state index in [0.717, 1.165) is 60.9 Å². The fourth-order valence-corrected chi connectivity index (χ4v) is 3.91. The first-order chi connectivity index (χ1) is 13.0. The maximum absolute atomic E-state index is 12.2. The quantitative estimate of drug-likeness (QED) is 0.761. The van der Waals surface area contributed by atoms with Gasteiger partial charge in [0.2, 0.25) is 0 Å². The molecular formula is C22H28ClN3O. The molecule has 2 aromatic rings. The predicted octanol–water partition coefficient (Wildman–Crippen LogP) is 4.99. The van der Waals surface area contributed by atoms with Crippen molar-refractivity contribution in [3.63, 3.8) is 0 Å². The average Bonchev–Trinajstić information content (AvgIpc) is 2.60. The standard InChI is InChI=1S/C22H28ClN3O/c1-16-10-17(2)12-21(11-16)25-22(27)24-14-18-6-8-26(9-7-18)15-19-4-3-5-20(23)13-19/h3-5,10-13,18H,6-9,14-15H2,1-2H3,(H2,24,25,27). The lowest BCUT2D eigenvalue weighted by atomic mass is 9.96. The zero-order valence-electron chi connectivity index (χ0n) is 16.1. The maximum atomic E-state index is 12.2. The molecule has 0 bridgehead atoms. The minimum atomic E-state index is -0.124. The Hall–Kier alpha value is -2.04. The highest BCUT2D eigenvalue weighted by atomic mass is 35.5. The van der Waals surface area contributed by atoms with Gasteiger partial charge in [0.25, 0.3) is 0 Å². The number of urea groups is 1. The summed E-state index contributed by atoms with van der Waals surface area (Å²) in [6, 6.07) is 14.0. The van der Waals surface area contributed by atoms with Crippen molar-refractivity contribution in [2.45, 2.75) is 33.2 Å². The van der Waals surface area contributed by atoms with Crippen LogP contribution in [0.3, 0.4) is 0 Å². The van der Waals surface area contributed by atoms with Crippen LogP contribution in [0.2, 0.25) is 5.02 Å². The molecule has 0 saturated carbocycles. The summed E-state index contributed by atoms with van der Waals surface area (Å²) in [5, 5.41) is 6.76. The molecule has 144 valence electrons. The molecule has 27 heavy (non-hydrogen) atoms. The van der Waals surface area contributed by atoms with Crippen molar-refractivity contribution < 1.29 is 4.79 Å². The lowest BCUT2D eigenvalue weighted by Gasteiger charge is -2.32. The van der Waals surface area contributed by atoms with E-state index in [1.807, 2.05) is 44.2 Å². The number of rotatable bonds is 5. The third-order valence-corrected chi connectivity index (χ3v) is 5.27. The van der Waals surface area contributed by atoms with Gasteiger partial charge in [0.15, 0.2) is 0 Å². The summed E-state index contributed by atoms with van der Waals surface area (Å²) in [5.74, 6) is 0.533. The van der Waals surface area contributed by atoms with Gasteiger partial charge >= 0.3 is 6.03 Å². The molecule has 1 aliphatic heterocycles. The Morgan fingerprint density at radius 1 is 1.11 bits per heavy atom. The van der Waals surface area contributed by atoms with Gasteiger partial charge in [0.1, 0.15) is 0 Å². The molecule has 2 amide bonds. The van der Waals surface area contributed by atoms with Gasteiger partial charge in [0.05, 0.1) is 0 Å². The highest BCUT2D eigenvalue weighted by Crippen LogP contribution is 2.20. The summed E-state index contributed by atoms with van der Waals surface area (Å²) in [6.07, 6.45) is 2.20. The smallest absolute Gasteiger partial charge is 0.319 e. The Balaban J connectivity index is 1.39. The van der Waals surface area contributed by atoms with Crippen LogP contribution in [0, 0.1) is 19.8 Å². The molecule has 4 nitrogen and oxygen atoms in total. The monoisotopic (exact) mass is 385 g/mol. The van der Waals surface area contributed by atoms with Crippen molar-refractivity contribution in [3.8, 4) is 0 Å². The Morgan fingerprint density at radius 2 is 1.81 bits per heavy atom. The van der Waals surface area contributed by atoms with Crippen molar-refractivity contribution in [2.24, 2.45) is 5.92 Å². The Labute approximate surface area is 166 Å². The zero-order valence-corrected chi connectivity index (χ0v) is 16.9. The summed E-state index contributed by atoms with van der Waals surface area (Å²) in [7, 11) is 0. The number of carbonyl (C=O) groups is 1. The first-order valence-electron chi connectivity index (χ1n) is 9.58. The fourth-order valence-electron chi connectivity index (χ4n) is 3.70. The number of nitrogens with zero attached hydrogens (tertiary/aromatic N) is 1. The first-order valence-corrected chi connectivity index (χ1v) is 9.96. The lowest BCUT2D eigenvalue weighted by Crippen LogP contribution is -2.39. The van der Waals surface area contributed by atoms with Crippen molar-refractivity contribution >= 4 is 23.3 Å². The van der Waals surface area contributed by atoms with Crippen molar-refractivity contribution in [1.82, 2.24) is 10.2 Å². The Kier molecular flexibility index (Phi) is 6.75. The lowest BCUT2D eigenvalue weighted by molar-refractivity contribution is 0.176. The number of amides is 2. The second-order valence-electron chi connectivity index (χ2n) is 7.56. The summed E-state index contributed by atoms with van der Waals surface area (Å²) >= 11 is 6.07. The summed E-state index contributed by atoms with van der Waals surface area (Å²) < 4.78 is 0. The molecule has 0 aliphatic carbocycles. The molecule has 2 N–H and O–H groups in total. The van der Waals surface area contributed by atoms with E-state index in [-0.39, 0.29) is 6.03 Å².